The number of rotatable bonds is 2. The largest absolute Gasteiger partial charge is 0.461 e. The van der Waals surface area contributed by atoms with Gasteiger partial charge >= 0.3 is 5.97 Å². The van der Waals surface area contributed by atoms with Crippen molar-refractivity contribution in [2.75, 3.05) is 12.4 Å². The van der Waals surface area contributed by atoms with Gasteiger partial charge in [-0.3, -0.25) is 0 Å². The monoisotopic (exact) mass is 178 g/mol. The van der Waals surface area contributed by atoms with Gasteiger partial charge < -0.3 is 4.74 Å². The highest BCUT2D eigenvalue weighted by Gasteiger charge is 2.07. The topological polar surface area (TPSA) is 26.3 Å². The molecule has 58 valence electrons. The summed E-state index contributed by atoms with van der Waals surface area (Å²) in [7, 11) is 0. The number of hydrogen-bond donors (Lipinski definition) is 0. The Kier molecular flexibility index (Phi) is 5.63. The molecule has 0 aliphatic rings. The quantitative estimate of drug-likeness (QED) is 0.474. The van der Waals surface area contributed by atoms with Crippen LogP contribution in [0.2, 0.25) is 0 Å². The van der Waals surface area contributed by atoms with E-state index in [1.807, 2.05) is 6.92 Å². The first-order chi connectivity index (χ1) is 4.72. The van der Waals surface area contributed by atoms with Crippen molar-refractivity contribution in [3.05, 3.63) is 0 Å². The summed E-state index contributed by atoms with van der Waals surface area (Å²) in [5, 5.41) is 0. The molecule has 0 saturated heterocycles. The first kappa shape index (κ1) is 9.91. The Morgan fingerprint density at radius 3 is 2.60 bits per heavy atom. The van der Waals surface area contributed by atoms with E-state index in [0.29, 0.717) is 10.8 Å². The van der Waals surface area contributed by atoms with E-state index in [4.69, 9.17) is 12.2 Å². The van der Waals surface area contributed by atoms with Gasteiger partial charge in [-0.25, -0.2) is 4.79 Å². The van der Waals surface area contributed by atoms with Crippen LogP contribution in [-0.2, 0) is 9.53 Å². The van der Waals surface area contributed by atoms with Gasteiger partial charge in [0, 0.05) is 0 Å². The van der Waals surface area contributed by atoms with Crippen molar-refractivity contribution in [1.29, 1.82) is 0 Å². The number of carbonyl (C=O) groups is 1. The van der Waals surface area contributed by atoms with E-state index in [-0.39, 0.29) is 5.97 Å². The zero-order valence-electron chi connectivity index (χ0n) is 6.05. The standard InChI is InChI=1S/C6H10O2S2/c1-3-8-5(7)6(9)10-4-2/h3-4H2,1-2H3. The van der Waals surface area contributed by atoms with E-state index in [1.54, 1.807) is 6.92 Å². The summed E-state index contributed by atoms with van der Waals surface area (Å²) in [5.74, 6) is 0.446. The lowest BCUT2D eigenvalue weighted by atomic mass is 10.8. The molecule has 0 amide bonds. The predicted molar refractivity (Wildman–Crippen MR) is 47.4 cm³/mol. The van der Waals surface area contributed by atoms with Crippen molar-refractivity contribution in [3.63, 3.8) is 0 Å². The minimum Gasteiger partial charge on any atom is -0.461 e. The highest BCUT2D eigenvalue weighted by atomic mass is 32.2. The van der Waals surface area contributed by atoms with Crippen molar-refractivity contribution >= 4 is 34.1 Å². The normalized spacial score (nSPS) is 9.00. The fraction of sp³-hybridized carbons (Fsp3) is 0.667. The van der Waals surface area contributed by atoms with Crippen molar-refractivity contribution in [1.82, 2.24) is 0 Å². The minimum atomic E-state index is -0.371. The van der Waals surface area contributed by atoms with Gasteiger partial charge in [0.25, 0.3) is 0 Å². The number of carbonyl (C=O) groups excluding carboxylic acids is 1. The molecule has 4 heteroatoms. The lowest BCUT2D eigenvalue weighted by molar-refractivity contribution is -0.134. The number of ether oxygens (including phenoxy) is 1. The molecule has 0 spiro atoms. The maximum absolute atomic E-state index is 10.7. The second kappa shape index (κ2) is 5.68. The maximum Gasteiger partial charge on any atom is 0.355 e. The van der Waals surface area contributed by atoms with Crippen LogP contribution < -0.4 is 0 Å². The molecule has 0 unspecified atom stereocenters. The highest BCUT2D eigenvalue weighted by molar-refractivity contribution is 8.25. The SMILES string of the molecule is CCOC(=O)C(=S)SCC. The summed E-state index contributed by atoms with van der Waals surface area (Å²) in [6, 6.07) is 0. The molecule has 0 rings (SSSR count). The van der Waals surface area contributed by atoms with Gasteiger partial charge in [-0.05, 0) is 12.7 Å². The van der Waals surface area contributed by atoms with Crippen molar-refractivity contribution in [2.24, 2.45) is 0 Å². The molecule has 0 bridgehead atoms. The molecule has 0 fully saturated rings. The molecule has 0 saturated carbocycles. The molecule has 10 heavy (non-hydrogen) atoms. The van der Waals surface area contributed by atoms with Crippen LogP contribution in [0, 0.1) is 0 Å². The summed E-state index contributed by atoms with van der Waals surface area (Å²) in [6.45, 7) is 4.09. The van der Waals surface area contributed by atoms with Crippen LogP contribution in [0.5, 0.6) is 0 Å². The Morgan fingerprint density at radius 2 is 2.20 bits per heavy atom. The molecule has 0 aromatic rings. The van der Waals surface area contributed by atoms with Gasteiger partial charge in [-0.15, -0.1) is 11.8 Å². The Balaban J connectivity index is 3.60. The zero-order chi connectivity index (χ0) is 7.98. The van der Waals surface area contributed by atoms with Crippen LogP contribution >= 0.6 is 24.0 Å². The highest BCUT2D eigenvalue weighted by Crippen LogP contribution is 2.04. The average Bonchev–Trinajstić information content (AvgIpc) is 1.89. The molecule has 0 aliphatic heterocycles. The van der Waals surface area contributed by atoms with E-state index in [2.05, 4.69) is 4.74 Å². The van der Waals surface area contributed by atoms with E-state index >= 15 is 0 Å². The van der Waals surface area contributed by atoms with Gasteiger partial charge in [0.05, 0.1) is 6.61 Å². The Labute approximate surface area is 70.3 Å². The van der Waals surface area contributed by atoms with Gasteiger partial charge in [-0.2, -0.15) is 0 Å². The lowest BCUT2D eigenvalue weighted by Gasteiger charge is -1.99. The number of thiocarbonyl (C=S) groups is 1. The minimum absolute atomic E-state index is 0.323. The van der Waals surface area contributed by atoms with Crippen molar-refractivity contribution in [2.45, 2.75) is 13.8 Å². The van der Waals surface area contributed by atoms with Crippen LogP contribution in [0.4, 0.5) is 0 Å². The second-order valence-electron chi connectivity index (χ2n) is 1.44. The van der Waals surface area contributed by atoms with Gasteiger partial charge in [-0.1, -0.05) is 19.1 Å². The molecule has 0 N–H and O–H groups in total. The third-order valence-electron chi connectivity index (χ3n) is 0.718. The third kappa shape index (κ3) is 3.85. The fourth-order valence-electron chi connectivity index (χ4n) is 0.380. The molecule has 2 nitrogen and oxygen atoms in total. The summed E-state index contributed by atoms with van der Waals surface area (Å²) < 4.78 is 4.98. The second-order valence-corrected chi connectivity index (χ2v) is 3.38. The van der Waals surface area contributed by atoms with Crippen LogP contribution in [0.1, 0.15) is 13.8 Å². The fourth-order valence-corrected chi connectivity index (χ4v) is 1.23. The third-order valence-corrected chi connectivity index (χ3v) is 1.96. The van der Waals surface area contributed by atoms with Gasteiger partial charge in [0.1, 0.15) is 0 Å². The number of thioether (sulfide) groups is 1. The summed E-state index contributed by atoms with van der Waals surface area (Å²) in [6.07, 6.45) is 0. The summed E-state index contributed by atoms with van der Waals surface area (Å²) in [4.78, 5) is 10.7. The van der Waals surface area contributed by atoms with E-state index in [1.165, 1.54) is 11.8 Å². The van der Waals surface area contributed by atoms with Crippen molar-refractivity contribution < 1.29 is 9.53 Å². The molecule has 0 heterocycles. The van der Waals surface area contributed by atoms with Gasteiger partial charge in [0.15, 0.2) is 4.20 Å². The van der Waals surface area contributed by atoms with Gasteiger partial charge in [0.2, 0.25) is 0 Å². The molecule has 0 aliphatic carbocycles. The molecule has 0 aromatic heterocycles. The summed E-state index contributed by atoms with van der Waals surface area (Å²) in [5.41, 5.74) is 0. The molecule has 0 radical (unpaired) electrons. The maximum atomic E-state index is 10.7. The van der Waals surface area contributed by atoms with Crippen molar-refractivity contribution in [3.8, 4) is 0 Å². The average molecular weight is 178 g/mol. The smallest absolute Gasteiger partial charge is 0.355 e. The predicted octanol–water partition coefficient (Wildman–Crippen LogP) is 1.63. The van der Waals surface area contributed by atoms with Crippen LogP contribution in [0.15, 0.2) is 0 Å². The van der Waals surface area contributed by atoms with E-state index < -0.39 is 0 Å². The van der Waals surface area contributed by atoms with E-state index in [0.717, 1.165) is 5.75 Å². The molecular formula is C6H10O2S2. The van der Waals surface area contributed by atoms with Crippen LogP contribution in [-0.4, -0.2) is 22.5 Å². The molecule has 0 atom stereocenters. The van der Waals surface area contributed by atoms with E-state index in [9.17, 15) is 4.79 Å². The first-order valence-electron chi connectivity index (χ1n) is 3.06. The lowest BCUT2D eigenvalue weighted by Crippen LogP contribution is -2.11. The Bertz CT molecular complexity index is 118. The summed E-state index contributed by atoms with van der Waals surface area (Å²) >= 11 is 6.07. The number of esters is 1. The molecule has 0 aromatic carbocycles. The number of hydrogen-bond acceptors (Lipinski definition) is 4. The zero-order valence-corrected chi connectivity index (χ0v) is 7.68. The van der Waals surface area contributed by atoms with Crippen LogP contribution in [0.25, 0.3) is 0 Å². The Hall–Kier alpha value is -0.0900. The molecular weight excluding hydrogens is 168 g/mol. The Morgan fingerprint density at radius 1 is 1.60 bits per heavy atom. The van der Waals surface area contributed by atoms with Crippen LogP contribution in [0.3, 0.4) is 0 Å². The first-order valence-corrected chi connectivity index (χ1v) is 4.45.